The van der Waals surface area contributed by atoms with Gasteiger partial charge in [-0.25, -0.2) is 18.6 Å². The van der Waals surface area contributed by atoms with Crippen LogP contribution in [0.1, 0.15) is 81.9 Å². The Hall–Kier alpha value is -5.83. The summed E-state index contributed by atoms with van der Waals surface area (Å²) in [6, 6.07) is 19.8. The van der Waals surface area contributed by atoms with Crippen LogP contribution in [0.15, 0.2) is 66.9 Å². The highest BCUT2D eigenvalue weighted by Crippen LogP contribution is 2.46. The van der Waals surface area contributed by atoms with E-state index in [0.29, 0.717) is 68.3 Å². The minimum atomic E-state index is -0.934. The van der Waals surface area contributed by atoms with Gasteiger partial charge in [-0.05, 0) is 112 Å². The second kappa shape index (κ2) is 17.6. The van der Waals surface area contributed by atoms with E-state index in [2.05, 4.69) is 15.9 Å². The summed E-state index contributed by atoms with van der Waals surface area (Å²) in [6.07, 6.45) is 5.03. The molecule has 1 aliphatic carbocycles. The molecule has 0 bridgehead atoms. The second-order valence-corrected chi connectivity index (χ2v) is 18.8. The van der Waals surface area contributed by atoms with E-state index in [1.54, 1.807) is 25.3 Å². The Bertz CT molecular complexity index is 2430. The molecule has 6 heterocycles. The Morgan fingerprint density at radius 2 is 1.56 bits per heavy atom. The van der Waals surface area contributed by atoms with Gasteiger partial charge in [0, 0.05) is 58.4 Å². The van der Waals surface area contributed by atoms with Crippen LogP contribution in [0.5, 0.6) is 17.5 Å². The number of carbonyl (C=O) groups is 1. The lowest BCUT2D eigenvalue weighted by Gasteiger charge is -2.31. The number of amides is 1. The number of methoxy groups -OCH3 is 2. The fraction of sp³-hybridized carbons (Fsp3) is 0.490. The van der Waals surface area contributed by atoms with Gasteiger partial charge < -0.3 is 33.6 Å². The van der Waals surface area contributed by atoms with Crippen molar-refractivity contribution in [3.05, 3.63) is 89.4 Å². The summed E-state index contributed by atoms with van der Waals surface area (Å²) in [5, 5.41) is 0.405. The molecule has 9 rings (SSSR count). The third-order valence-corrected chi connectivity index (χ3v) is 13.1. The summed E-state index contributed by atoms with van der Waals surface area (Å²) >= 11 is 0. The summed E-state index contributed by atoms with van der Waals surface area (Å²) in [7, 11) is 5.18. The fourth-order valence-electron chi connectivity index (χ4n) is 9.56. The molecular weight excluding hydrogens is 819 g/mol. The first-order valence-electron chi connectivity index (χ1n) is 22.4. The topological polar surface area (TPSA) is 119 Å². The van der Waals surface area contributed by atoms with Gasteiger partial charge in [0.15, 0.2) is 5.82 Å². The van der Waals surface area contributed by atoms with Crippen molar-refractivity contribution in [1.29, 1.82) is 0 Å². The molecule has 64 heavy (non-hydrogen) atoms. The number of rotatable bonds is 14. The zero-order valence-electron chi connectivity index (χ0n) is 37.7. The van der Waals surface area contributed by atoms with Gasteiger partial charge in [-0.15, -0.1) is 0 Å². The molecule has 4 fully saturated rings. The van der Waals surface area contributed by atoms with Crippen molar-refractivity contribution in [2.24, 2.45) is 0 Å². The van der Waals surface area contributed by atoms with Crippen molar-refractivity contribution in [3.8, 4) is 28.9 Å². The van der Waals surface area contributed by atoms with Crippen LogP contribution in [-0.4, -0.2) is 113 Å². The van der Waals surface area contributed by atoms with Crippen LogP contribution in [-0.2, 0) is 17.8 Å². The first-order chi connectivity index (χ1) is 30.8. The van der Waals surface area contributed by atoms with Gasteiger partial charge in [0.2, 0.25) is 0 Å². The smallest absolute Gasteiger partial charge is 0.410 e. The SMILES string of the molecule is COc1ccc(CN(Cc2ccc(OC)cc2)c2ccc(C3CC3)c(-c3ncc4c(N(C)[C@@H]5CCN(C(=O)OC(C)(C)C)C5)nc(OC[C@@]56CCCN5C[C@H](F)C6)nc4c3F)n2)cc1. The van der Waals surface area contributed by atoms with E-state index in [-0.39, 0.29) is 41.9 Å². The van der Waals surface area contributed by atoms with Crippen LogP contribution in [0.3, 0.4) is 0 Å². The Balaban J connectivity index is 1.10. The molecule has 0 N–H and O–H groups in total. The van der Waals surface area contributed by atoms with Crippen molar-refractivity contribution in [2.75, 3.05) is 63.9 Å². The van der Waals surface area contributed by atoms with Gasteiger partial charge in [0.25, 0.3) is 0 Å². The molecular formula is C49H58F2N8O5. The molecule has 1 amide bonds. The number of aromatic nitrogens is 4. The molecule has 3 saturated heterocycles. The largest absolute Gasteiger partial charge is 0.497 e. The lowest BCUT2D eigenvalue weighted by atomic mass is 9.95. The Labute approximate surface area is 373 Å². The first kappa shape index (κ1) is 43.4. The summed E-state index contributed by atoms with van der Waals surface area (Å²) in [4.78, 5) is 40.8. The molecule has 5 aromatic rings. The van der Waals surface area contributed by atoms with E-state index in [1.807, 2.05) is 87.3 Å². The summed E-state index contributed by atoms with van der Waals surface area (Å²) in [5.74, 6) is 2.22. The highest BCUT2D eigenvalue weighted by atomic mass is 19.1. The molecule has 1 saturated carbocycles. The number of anilines is 2. The number of ether oxygens (including phenoxy) is 4. The molecule has 2 aromatic carbocycles. The standard InChI is InChI=1S/C49H58F2N8O5/c1-48(2,3)64-47(60)57-23-20-35(29-57)56(4)45-39-25-52-44(41(51)42(39)54-46(55-45)63-30-49-21-7-22-59(49)28-34(50)24-49)43-38(33-12-13-33)18-19-40(53-43)58(26-31-8-14-36(61-5)15-9-31)27-32-10-16-37(62-6)17-11-32/h8-11,14-19,25,33-35H,7,12-13,20-24,26-30H2,1-6H3/t34-,35-,49+/m1/s1. The van der Waals surface area contributed by atoms with Crippen LogP contribution in [0.4, 0.5) is 25.2 Å². The van der Waals surface area contributed by atoms with E-state index >= 15 is 4.39 Å². The van der Waals surface area contributed by atoms with Crippen LogP contribution in [0, 0.1) is 5.82 Å². The minimum absolute atomic E-state index is 0.00483. The first-order valence-corrected chi connectivity index (χ1v) is 22.4. The number of benzene rings is 2. The van der Waals surface area contributed by atoms with Gasteiger partial charge >= 0.3 is 12.1 Å². The molecule has 3 aliphatic heterocycles. The maximum atomic E-state index is 17.7. The normalized spacial score (nSPS) is 21.0. The van der Waals surface area contributed by atoms with Crippen molar-refractivity contribution in [2.45, 2.75) is 102 Å². The van der Waals surface area contributed by atoms with Gasteiger partial charge in [0.05, 0.1) is 30.8 Å². The van der Waals surface area contributed by atoms with E-state index in [4.69, 9.17) is 38.9 Å². The number of likely N-dealkylation sites (N-methyl/N-ethyl adjacent to an activating group) is 1. The zero-order chi connectivity index (χ0) is 44.8. The molecule has 0 radical (unpaired) electrons. The van der Waals surface area contributed by atoms with Crippen LogP contribution in [0.25, 0.3) is 22.3 Å². The Kier molecular flexibility index (Phi) is 12.0. The third kappa shape index (κ3) is 9.09. The van der Waals surface area contributed by atoms with Gasteiger partial charge in [0.1, 0.15) is 52.7 Å². The quantitative estimate of drug-likeness (QED) is 0.106. The summed E-state index contributed by atoms with van der Waals surface area (Å²) < 4.78 is 55.4. The number of alkyl halides is 1. The number of pyridine rings is 2. The van der Waals surface area contributed by atoms with Crippen molar-refractivity contribution < 1.29 is 32.5 Å². The molecule has 338 valence electrons. The average molecular weight is 877 g/mol. The van der Waals surface area contributed by atoms with E-state index < -0.39 is 23.1 Å². The van der Waals surface area contributed by atoms with E-state index in [0.717, 1.165) is 60.4 Å². The lowest BCUT2D eigenvalue weighted by molar-refractivity contribution is 0.0292. The number of hydrogen-bond donors (Lipinski definition) is 0. The van der Waals surface area contributed by atoms with Crippen LogP contribution >= 0.6 is 0 Å². The highest BCUT2D eigenvalue weighted by molar-refractivity contribution is 5.92. The highest BCUT2D eigenvalue weighted by Gasteiger charge is 2.49. The number of halogens is 2. The number of fused-ring (bicyclic) bond motifs is 2. The fourth-order valence-corrected chi connectivity index (χ4v) is 9.56. The van der Waals surface area contributed by atoms with Gasteiger partial charge in [-0.1, -0.05) is 30.3 Å². The predicted octanol–water partition coefficient (Wildman–Crippen LogP) is 8.73. The number of nitrogens with zero attached hydrogens (tertiary/aromatic N) is 8. The molecule has 4 aliphatic rings. The molecule has 3 aromatic heterocycles. The zero-order valence-corrected chi connectivity index (χ0v) is 37.7. The number of hydrogen-bond acceptors (Lipinski definition) is 12. The molecule has 0 spiro atoms. The predicted molar refractivity (Wildman–Crippen MR) is 242 cm³/mol. The maximum Gasteiger partial charge on any atom is 0.410 e. The molecule has 3 atom stereocenters. The number of likely N-dealkylation sites (tertiary alicyclic amines) is 1. The maximum absolute atomic E-state index is 17.7. The minimum Gasteiger partial charge on any atom is -0.497 e. The molecule has 0 unspecified atom stereocenters. The van der Waals surface area contributed by atoms with E-state index in [9.17, 15) is 9.18 Å². The van der Waals surface area contributed by atoms with Crippen molar-refractivity contribution in [1.82, 2.24) is 29.7 Å². The second-order valence-electron chi connectivity index (χ2n) is 18.8. The Morgan fingerprint density at radius 1 is 0.875 bits per heavy atom. The van der Waals surface area contributed by atoms with Crippen molar-refractivity contribution >= 4 is 28.6 Å². The Morgan fingerprint density at radius 3 is 2.20 bits per heavy atom. The molecule has 13 nitrogen and oxygen atoms in total. The summed E-state index contributed by atoms with van der Waals surface area (Å²) in [6.45, 7) is 8.85. The lowest BCUT2D eigenvalue weighted by Crippen LogP contribution is -2.43. The van der Waals surface area contributed by atoms with Crippen LogP contribution in [0.2, 0.25) is 0 Å². The van der Waals surface area contributed by atoms with Gasteiger partial charge in [-0.2, -0.15) is 9.97 Å². The molecule has 15 heteroatoms. The summed E-state index contributed by atoms with van der Waals surface area (Å²) in [5.41, 5.74) is 2.56. The van der Waals surface area contributed by atoms with E-state index in [1.165, 1.54) is 0 Å². The van der Waals surface area contributed by atoms with Crippen LogP contribution < -0.4 is 24.0 Å². The average Bonchev–Trinajstić information content (AvgIpc) is 3.73. The number of carbonyl (C=O) groups excluding carboxylic acids is 1. The van der Waals surface area contributed by atoms with Crippen molar-refractivity contribution in [3.63, 3.8) is 0 Å². The monoisotopic (exact) mass is 876 g/mol. The van der Waals surface area contributed by atoms with Gasteiger partial charge in [-0.3, -0.25) is 9.88 Å². The third-order valence-electron chi connectivity index (χ3n) is 13.1.